The summed E-state index contributed by atoms with van der Waals surface area (Å²) in [6.45, 7) is 3.95. The summed E-state index contributed by atoms with van der Waals surface area (Å²) < 4.78 is 0. The van der Waals surface area contributed by atoms with Crippen LogP contribution in [-0.4, -0.2) is 28.9 Å². The molecule has 0 unspecified atom stereocenters. The average molecular weight is 330 g/mol. The van der Waals surface area contributed by atoms with Gasteiger partial charge in [0.15, 0.2) is 0 Å². The molecule has 2 aromatic carbocycles. The number of hydrogen-bond acceptors (Lipinski definition) is 2. The highest BCUT2D eigenvalue weighted by atomic mass is 16.2. The molecule has 126 valence electrons. The van der Waals surface area contributed by atoms with Gasteiger partial charge in [-0.15, -0.1) is 0 Å². The number of fused-ring (bicyclic) bond motifs is 1. The summed E-state index contributed by atoms with van der Waals surface area (Å²) >= 11 is 0. The number of rotatable bonds is 2. The van der Waals surface area contributed by atoms with E-state index in [9.17, 15) is 4.79 Å². The van der Waals surface area contributed by atoms with Crippen molar-refractivity contribution in [2.75, 3.05) is 13.1 Å². The maximum atomic E-state index is 13.2. The molecular weight excluding hydrogens is 308 g/mol. The minimum atomic E-state index is 0.127. The van der Waals surface area contributed by atoms with Gasteiger partial charge in [0.2, 0.25) is 0 Å². The normalized spacial score (nSPS) is 15.5. The van der Waals surface area contributed by atoms with Gasteiger partial charge in [-0.1, -0.05) is 55.5 Å². The fraction of sp³-hybridized carbons (Fsp3) is 0.273. The maximum Gasteiger partial charge on any atom is 0.254 e. The van der Waals surface area contributed by atoms with Gasteiger partial charge >= 0.3 is 0 Å². The highest BCUT2D eigenvalue weighted by molar-refractivity contribution is 6.07. The lowest BCUT2D eigenvalue weighted by molar-refractivity contribution is 0.0699. The van der Waals surface area contributed by atoms with Gasteiger partial charge in [-0.25, -0.2) is 4.98 Å². The van der Waals surface area contributed by atoms with Crippen molar-refractivity contribution in [1.82, 2.24) is 9.88 Å². The molecule has 0 atom stereocenters. The molecule has 0 radical (unpaired) electrons. The first-order valence-corrected chi connectivity index (χ1v) is 8.97. The molecule has 1 aliphatic heterocycles. The lowest BCUT2D eigenvalue weighted by Gasteiger charge is -2.30. The van der Waals surface area contributed by atoms with Crippen LogP contribution in [0.3, 0.4) is 0 Å². The molecule has 1 aromatic heterocycles. The SMILES string of the molecule is CC1CCN(C(=O)c2cc(-c3ccccc3)nc3ccccc23)CC1. The highest BCUT2D eigenvalue weighted by Crippen LogP contribution is 2.27. The van der Waals surface area contributed by atoms with Crippen LogP contribution < -0.4 is 0 Å². The van der Waals surface area contributed by atoms with Gasteiger partial charge < -0.3 is 4.90 Å². The van der Waals surface area contributed by atoms with Crippen molar-refractivity contribution in [2.24, 2.45) is 5.92 Å². The van der Waals surface area contributed by atoms with Crippen molar-refractivity contribution in [3.8, 4) is 11.3 Å². The first-order chi connectivity index (χ1) is 12.2. The van der Waals surface area contributed by atoms with E-state index in [4.69, 9.17) is 4.98 Å². The van der Waals surface area contributed by atoms with Gasteiger partial charge in [-0.2, -0.15) is 0 Å². The van der Waals surface area contributed by atoms with Gasteiger partial charge in [-0.3, -0.25) is 4.79 Å². The monoisotopic (exact) mass is 330 g/mol. The topological polar surface area (TPSA) is 33.2 Å². The highest BCUT2D eigenvalue weighted by Gasteiger charge is 2.23. The number of hydrogen-bond donors (Lipinski definition) is 0. The Hall–Kier alpha value is -2.68. The van der Waals surface area contributed by atoms with Crippen molar-refractivity contribution in [3.05, 3.63) is 66.2 Å². The first kappa shape index (κ1) is 15.8. The molecule has 4 rings (SSSR count). The van der Waals surface area contributed by atoms with Gasteiger partial charge in [0, 0.05) is 24.0 Å². The van der Waals surface area contributed by atoms with Crippen LogP contribution >= 0.6 is 0 Å². The number of amides is 1. The second-order valence-corrected chi connectivity index (χ2v) is 6.91. The van der Waals surface area contributed by atoms with Crippen LogP contribution in [0.4, 0.5) is 0 Å². The molecule has 3 heteroatoms. The van der Waals surface area contributed by atoms with E-state index < -0.39 is 0 Å². The fourth-order valence-electron chi connectivity index (χ4n) is 3.49. The van der Waals surface area contributed by atoms with Crippen LogP contribution in [0.1, 0.15) is 30.1 Å². The predicted octanol–water partition coefficient (Wildman–Crippen LogP) is 4.77. The van der Waals surface area contributed by atoms with E-state index >= 15 is 0 Å². The third kappa shape index (κ3) is 3.14. The van der Waals surface area contributed by atoms with Crippen LogP contribution in [0.5, 0.6) is 0 Å². The smallest absolute Gasteiger partial charge is 0.254 e. The van der Waals surface area contributed by atoms with Crippen molar-refractivity contribution >= 4 is 16.8 Å². The standard InChI is InChI=1S/C22H22N2O/c1-16-11-13-24(14-12-16)22(25)19-15-21(17-7-3-2-4-8-17)23-20-10-6-5-9-18(19)20/h2-10,15-16H,11-14H2,1H3. The van der Waals surface area contributed by atoms with Crippen molar-refractivity contribution in [2.45, 2.75) is 19.8 Å². The minimum absolute atomic E-state index is 0.127. The Morgan fingerprint density at radius 2 is 1.68 bits per heavy atom. The average Bonchev–Trinajstić information content (AvgIpc) is 2.68. The maximum absolute atomic E-state index is 13.2. The Bertz CT molecular complexity index is 896. The Kier molecular flexibility index (Phi) is 4.22. The number of nitrogens with zero attached hydrogens (tertiary/aromatic N) is 2. The molecule has 0 aliphatic carbocycles. The van der Waals surface area contributed by atoms with E-state index in [0.29, 0.717) is 5.92 Å². The number of piperidine rings is 1. The summed E-state index contributed by atoms with van der Waals surface area (Å²) in [4.78, 5) is 20.0. The first-order valence-electron chi connectivity index (χ1n) is 8.97. The second-order valence-electron chi connectivity index (χ2n) is 6.91. The molecule has 3 nitrogen and oxygen atoms in total. The largest absolute Gasteiger partial charge is 0.339 e. The molecule has 0 N–H and O–H groups in total. The van der Waals surface area contributed by atoms with E-state index in [1.165, 1.54) is 0 Å². The number of aromatic nitrogens is 1. The summed E-state index contributed by atoms with van der Waals surface area (Å²) in [5.74, 6) is 0.834. The molecule has 1 fully saturated rings. The number of likely N-dealkylation sites (tertiary alicyclic amines) is 1. The van der Waals surface area contributed by atoms with Crippen LogP contribution in [0, 0.1) is 5.92 Å². The zero-order chi connectivity index (χ0) is 17.2. The van der Waals surface area contributed by atoms with E-state index in [1.807, 2.05) is 65.6 Å². The van der Waals surface area contributed by atoms with Crippen molar-refractivity contribution < 1.29 is 4.79 Å². The summed E-state index contributed by atoms with van der Waals surface area (Å²) in [5.41, 5.74) is 3.53. The van der Waals surface area contributed by atoms with E-state index in [1.54, 1.807) is 0 Å². The number of para-hydroxylation sites is 1. The summed E-state index contributed by atoms with van der Waals surface area (Å²) in [6.07, 6.45) is 2.17. The Balaban J connectivity index is 1.80. The predicted molar refractivity (Wildman–Crippen MR) is 101 cm³/mol. The quantitative estimate of drug-likeness (QED) is 0.678. The van der Waals surface area contributed by atoms with E-state index in [0.717, 1.165) is 53.7 Å². The lowest BCUT2D eigenvalue weighted by atomic mass is 9.97. The molecular formula is C22H22N2O. The molecule has 1 saturated heterocycles. The zero-order valence-corrected chi connectivity index (χ0v) is 14.5. The Labute approximate surface area is 148 Å². The summed E-state index contributed by atoms with van der Waals surface area (Å²) in [7, 11) is 0. The van der Waals surface area contributed by atoms with Gasteiger partial charge in [0.25, 0.3) is 5.91 Å². The number of carbonyl (C=O) groups is 1. The molecule has 0 bridgehead atoms. The molecule has 0 spiro atoms. The second kappa shape index (κ2) is 6.67. The summed E-state index contributed by atoms with van der Waals surface area (Å²) in [5, 5.41) is 0.936. The van der Waals surface area contributed by atoms with Gasteiger partial charge in [0.05, 0.1) is 16.8 Å². The lowest BCUT2D eigenvalue weighted by Crippen LogP contribution is -2.38. The van der Waals surface area contributed by atoms with Gasteiger partial charge in [-0.05, 0) is 30.9 Å². The summed E-state index contributed by atoms with van der Waals surface area (Å²) in [6, 6.07) is 19.9. The molecule has 0 saturated carbocycles. The Morgan fingerprint density at radius 1 is 1.00 bits per heavy atom. The van der Waals surface area contributed by atoms with E-state index in [-0.39, 0.29) is 5.91 Å². The van der Waals surface area contributed by atoms with Crippen LogP contribution in [-0.2, 0) is 0 Å². The van der Waals surface area contributed by atoms with Gasteiger partial charge in [0.1, 0.15) is 0 Å². The fourth-order valence-corrected chi connectivity index (χ4v) is 3.49. The molecule has 1 amide bonds. The third-order valence-corrected chi connectivity index (χ3v) is 5.09. The molecule has 25 heavy (non-hydrogen) atoms. The van der Waals surface area contributed by atoms with Crippen molar-refractivity contribution in [1.29, 1.82) is 0 Å². The number of benzene rings is 2. The van der Waals surface area contributed by atoms with Crippen molar-refractivity contribution in [3.63, 3.8) is 0 Å². The minimum Gasteiger partial charge on any atom is -0.339 e. The Morgan fingerprint density at radius 3 is 2.44 bits per heavy atom. The van der Waals surface area contributed by atoms with E-state index in [2.05, 4.69) is 6.92 Å². The van der Waals surface area contributed by atoms with Crippen LogP contribution in [0.2, 0.25) is 0 Å². The number of pyridine rings is 1. The molecule has 1 aliphatic rings. The zero-order valence-electron chi connectivity index (χ0n) is 14.5. The molecule has 3 aromatic rings. The third-order valence-electron chi connectivity index (χ3n) is 5.09. The van der Waals surface area contributed by atoms with Crippen LogP contribution in [0.15, 0.2) is 60.7 Å². The van der Waals surface area contributed by atoms with Crippen LogP contribution in [0.25, 0.3) is 22.2 Å². The number of carbonyl (C=O) groups excluding carboxylic acids is 1. The molecule has 2 heterocycles.